The van der Waals surface area contributed by atoms with Crippen LogP contribution in [0.25, 0.3) is 0 Å². The molecule has 0 aliphatic heterocycles. The first-order valence-corrected chi connectivity index (χ1v) is 7.59. The molecule has 0 spiro atoms. The number of aryl methyl sites for hydroxylation is 2. The summed E-state index contributed by atoms with van der Waals surface area (Å²) in [5.41, 5.74) is 1.88. The molecule has 0 amide bonds. The lowest BCUT2D eigenvalue weighted by atomic mass is 10.2. The number of rotatable bonds is 6. The Labute approximate surface area is 110 Å². The van der Waals surface area contributed by atoms with Crippen molar-refractivity contribution in [3.63, 3.8) is 0 Å². The van der Waals surface area contributed by atoms with Gasteiger partial charge in [0.15, 0.2) is 0 Å². The van der Waals surface area contributed by atoms with E-state index in [9.17, 15) is 8.42 Å². The van der Waals surface area contributed by atoms with E-state index in [0.717, 1.165) is 11.1 Å². The average Bonchev–Trinajstić information content (AvgIpc) is 2.29. The summed E-state index contributed by atoms with van der Waals surface area (Å²) >= 11 is 0. The Hall–Kier alpha value is -0.910. The predicted octanol–water partition coefficient (Wildman–Crippen LogP) is 1.53. The summed E-state index contributed by atoms with van der Waals surface area (Å²) in [6, 6.07) is 5.44. The molecule has 0 unspecified atom stereocenters. The van der Waals surface area contributed by atoms with E-state index in [1.807, 2.05) is 40.0 Å². The van der Waals surface area contributed by atoms with Crippen LogP contribution in [0.3, 0.4) is 0 Å². The summed E-state index contributed by atoms with van der Waals surface area (Å²) in [6.45, 7) is 7.28. The first-order chi connectivity index (χ1) is 8.43. The van der Waals surface area contributed by atoms with Crippen molar-refractivity contribution in [1.29, 1.82) is 0 Å². The SMILES string of the molecule is CCN(CCNC)S(=O)(=O)c1ccc(C)cc1C. The van der Waals surface area contributed by atoms with E-state index in [1.54, 1.807) is 6.07 Å². The van der Waals surface area contributed by atoms with Gasteiger partial charge < -0.3 is 5.32 Å². The van der Waals surface area contributed by atoms with Gasteiger partial charge in [-0.2, -0.15) is 4.31 Å². The fourth-order valence-electron chi connectivity index (χ4n) is 1.91. The zero-order valence-electron chi connectivity index (χ0n) is 11.5. The molecule has 1 rings (SSSR count). The van der Waals surface area contributed by atoms with Crippen LogP contribution in [0.4, 0.5) is 0 Å². The summed E-state index contributed by atoms with van der Waals surface area (Å²) in [5.74, 6) is 0. The van der Waals surface area contributed by atoms with Gasteiger partial charge in [-0.3, -0.25) is 0 Å². The molecule has 4 nitrogen and oxygen atoms in total. The normalized spacial score (nSPS) is 12.1. The van der Waals surface area contributed by atoms with Crippen molar-refractivity contribution in [2.24, 2.45) is 0 Å². The first kappa shape index (κ1) is 15.1. The highest BCUT2D eigenvalue weighted by atomic mass is 32.2. The molecular formula is C13H22N2O2S. The molecule has 5 heteroatoms. The first-order valence-electron chi connectivity index (χ1n) is 6.15. The van der Waals surface area contributed by atoms with E-state index in [0.29, 0.717) is 24.5 Å². The Kier molecular flexibility index (Phi) is 5.31. The van der Waals surface area contributed by atoms with Crippen LogP contribution in [0, 0.1) is 13.8 Å². The maximum atomic E-state index is 12.5. The molecule has 0 saturated heterocycles. The highest BCUT2D eigenvalue weighted by Crippen LogP contribution is 2.20. The van der Waals surface area contributed by atoms with Crippen LogP contribution < -0.4 is 5.32 Å². The molecule has 0 radical (unpaired) electrons. The van der Waals surface area contributed by atoms with Gasteiger partial charge in [0, 0.05) is 19.6 Å². The van der Waals surface area contributed by atoms with Crippen LogP contribution >= 0.6 is 0 Å². The molecule has 0 heterocycles. The summed E-state index contributed by atoms with van der Waals surface area (Å²) in [6.07, 6.45) is 0. The van der Waals surface area contributed by atoms with Crippen LogP contribution in [0.5, 0.6) is 0 Å². The molecule has 0 saturated carbocycles. The Morgan fingerprint density at radius 3 is 2.44 bits per heavy atom. The lowest BCUT2D eigenvalue weighted by Gasteiger charge is -2.21. The van der Waals surface area contributed by atoms with Gasteiger partial charge in [0.25, 0.3) is 0 Å². The third kappa shape index (κ3) is 3.31. The summed E-state index contributed by atoms with van der Waals surface area (Å²) < 4.78 is 26.5. The zero-order valence-corrected chi connectivity index (χ0v) is 12.3. The minimum Gasteiger partial charge on any atom is -0.318 e. The largest absolute Gasteiger partial charge is 0.318 e. The third-order valence-corrected chi connectivity index (χ3v) is 5.05. The lowest BCUT2D eigenvalue weighted by Crippen LogP contribution is -2.36. The van der Waals surface area contributed by atoms with E-state index in [4.69, 9.17) is 0 Å². The van der Waals surface area contributed by atoms with Crippen molar-refractivity contribution in [1.82, 2.24) is 9.62 Å². The average molecular weight is 270 g/mol. The van der Waals surface area contributed by atoms with Gasteiger partial charge in [0.2, 0.25) is 10.0 Å². The molecular weight excluding hydrogens is 248 g/mol. The van der Waals surface area contributed by atoms with E-state index in [-0.39, 0.29) is 0 Å². The van der Waals surface area contributed by atoms with Crippen molar-refractivity contribution < 1.29 is 8.42 Å². The second-order valence-corrected chi connectivity index (χ2v) is 6.28. The second kappa shape index (κ2) is 6.31. The highest BCUT2D eigenvalue weighted by molar-refractivity contribution is 7.89. The fourth-order valence-corrected chi connectivity index (χ4v) is 3.57. The van der Waals surface area contributed by atoms with Gasteiger partial charge in [-0.05, 0) is 32.5 Å². The Morgan fingerprint density at radius 1 is 1.28 bits per heavy atom. The van der Waals surface area contributed by atoms with Gasteiger partial charge in [-0.25, -0.2) is 8.42 Å². The Morgan fingerprint density at radius 2 is 1.94 bits per heavy atom. The molecule has 1 N–H and O–H groups in total. The molecule has 1 aromatic carbocycles. The van der Waals surface area contributed by atoms with Gasteiger partial charge >= 0.3 is 0 Å². The molecule has 102 valence electrons. The van der Waals surface area contributed by atoms with Gasteiger partial charge in [0.05, 0.1) is 4.90 Å². The highest BCUT2D eigenvalue weighted by Gasteiger charge is 2.24. The van der Waals surface area contributed by atoms with E-state index in [1.165, 1.54) is 4.31 Å². The maximum Gasteiger partial charge on any atom is 0.243 e. The molecule has 0 aliphatic rings. The number of hydrogen-bond acceptors (Lipinski definition) is 3. The number of hydrogen-bond donors (Lipinski definition) is 1. The summed E-state index contributed by atoms with van der Waals surface area (Å²) in [5, 5.41) is 2.97. The number of nitrogens with one attached hydrogen (secondary N) is 1. The molecule has 0 atom stereocenters. The topological polar surface area (TPSA) is 49.4 Å². The van der Waals surface area contributed by atoms with Crippen molar-refractivity contribution in [3.8, 4) is 0 Å². The van der Waals surface area contributed by atoms with Crippen molar-refractivity contribution >= 4 is 10.0 Å². The van der Waals surface area contributed by atoms with Crippen LogP contribution in [0.2, 0.25) is 0 Å². The van der Waals surface area contributed by atoms with Crippen LogP contribution in [0.15, 0.2) is 23.1 Å². The molecule has 18 heavy (non-hydrogen) atoms. The Balaban J connectivity index is 3.10. The smallest absolute Gasteiger partial charge is 0.243 e. The fraction of sp³-hybridized carbons (Fsp3) is 0.538. The van der Waals surface area contributed by atoms with Crippen molar-refractivity contribution in [3.05, 3.63) is 29.3 Å². The Bertz CT molecular complexity index is 498. The summed E-state index contributed by atoms with van der Waals surface area (Å²) in [4.78, 5) is 0.408. The van der Waals surface area contributed by atoms with Crippen LogP contribution in [-0.2, 0) is 10.0 Å². The number of benzene rings is 1. The van der Waals surface area contributed by atoms with E-state index < -0.39 is 10.0 Å². The minimum absolute atomic E-state index is 0.408. The van der Waals surface area contributed by atoms with E-state index in [2.05, 4.69) is 5.32 Å². The van der Waals surface area contributed by atoms with Gasteiger partial charge in [0.1, 0.15) is 0 Å². The predicted molar refractivity (Wildman–Crippen MR) is 74.3 cm³/mol. The quantitative estimate of drug-likeness (QED) is 0.853. The second-order valence-electron chi connectivity index (χ2n) is 4.37. The number of sulfonamides is 1. The van der Waals surface area contributed by atoms with Gasteiger partial charge in [-0.15, -0.1) is 0 Å². The van der Waals surface area contributed by atoms with E-state index >= 15 is 0 Å². The maximum absolute atomic E-state index is 12.5. The van der Waals surface area contributed by atoms with Crippen molar-refractivity contribution in [2.45, 2.75) is 25.7 Å². The summed E-state index contributed by atoms with van der Waals surface area (Å²) in [7, 11) is -1.56. The molecule has 0 aliphatic carbocycles. The third-order valence-electron chi connectivity index (χ3n) is 2.91. The standard InChI is InChI=1S/C13H22N2O2S/c1-5-15(9-8-14-4)18(16,17)13-7-6-11(2)10-12(13)3/h6-7,10,14H,5,8-9H2,1-4H3. The van der Waals surface area contributed by atoms with Crippen LogP contribution in [0.1, 0.15) is 18.1 Å². The van der Waals surface area contributed by atoms with Crippen LogP contribution in [-0.4, -0.2) is 39.4 Å². The molecule has 0 bridgehead atoms. The van der Waals surface area contributed by atoms with Crippen molar-refractivity contribution in [2.75, 3.05) is 26.7 Å². The van der Waals surface area contributed by atoms with Gasteiger partial charge in [-0.1, -0.05) is 24.6 Å². The minimum atomic E-state index is -3.38. The molecule has 0 aromatic heterocycles. The molecule has 0 fully saturated rings. The number of nitrogens with zero attached hydrogens (tertiary/aromatic N) is 1. The zero-order chi connectivity index (χ0) is 13.8. The monoisotopic (exact) mass is 270 g/mol. The lowest BCUT2D eigenvalue weighted by molar-refractivity contribution is 0.425. The number of likely N-dealkylation sites (N-methyl/N-ethyl adjacent to an activating group) is 2. The molecule has 1 aromatic rings.